The van der Waals surface area contributed by atoms with Gasteiger partial charge in [0.25, 0.3) is 5.91 Å². The number of carbonyl (C=O) groups is 2. The maximum absolute atomic E-state index is 13.3. The molecule has 1 fully saturated rings. The van der Waals surface area contributed by atoms with Crippen LogP contribution in [0.2, 0.25) is 5.02 Å². The van der Waals surface area contributed by atoms with Crippen LogP contribution in [0.15, 0.2) is 30.5 Å². The summed E-state index contributed by atoms with van der Waals surface area (Å²) in [6.07, 6.45) is 4.50. The Morgan fingerprint density at radius 1 is 1.13 bits per heavy atom. The van der Waals surface area contributed by atoms with Crippen molar-refractivity contribution >= 4 is 34.4 Å². The van der Waals surface area contributed by atoms with Gasteiger partial charge >= 0.3 is 0 Å². The first-order chi connectivity index (χ1) is 14.9. The molecule has 3 heterocycles. The van der Waals surface area contributed by atoms with Crippen molar-refractivity contribution in [2.24, 2.45) is 13.0 Å². The molecule has 1 aliphatic carbocycles. The molecule has 3 aromatic rings. The van der Waals surface area contributed by atoms with E-state index in [1.54, 1.807) is 16.7 Å². The SMILES string of the molecule is Cc1nn(C)c2ncc(C(=O)N3CCCN3C(=O)CC3Cc4ccccc4C3)c(Cl)c12. The number of benzene rings is 1. The lowest BCUT2D eigenvalue weighted by molar-refractivity contribution is -0.141. The van der Waals surface area contributed by atoms with Crippen molar-refractivity contribution < 1.29 is 9.59 Å². The molecule has 0 N–H and O–H groups in total. The van der Waals surface area contributed by atoms with Crippen LogP contribution in [0.1, 0.15) is 40.0 Å². The van der Waals surface area contributed by atoms with Crippen LogP contribution in [-0.2, 0) is 24.7 Å². The Morgan fingerprint density at radius 2 is 1.81 bits per heavy atom. The van der Waals surface area contributed by atoms with E-state index in [9.17, 15) is 9.59 Å². The summed E-state index contributed by atoms with van der Waals surface area (Å²) in [6, 6.07) is 8.36. The molecule has 0 atom stereocenters. The number of rotatable bonds is 3. The molecule has 2 amide bonds. The van der Waals surface area contributed by atoms with Crippen LogP contribution >= 0.6 is 11.6 Å². The molecule has 7 nitrogen and oxygen atoms in total. The number of nitrogens with zero attached hydrogens (tertiary/aromatic N) is 5. The van der Waals surface area contributed by atoms with Crippen molar-refractivity contribution in [3.63, 3.8) is 0 Å². The molecule has 160 valence electrons. The first-order valence-corrected chi connectivity index (χ1v) is 11.0. The van der Waals surface area contributed by atoms with E-state index in [1.807, 2.05) is 19.1 Å². The molecule has 2 aromatic heterocycles. The van der Waals surface area contributed by atoms with E-state index in [0.29, 0.717) is 41.1 Å². The van der Waals surface area contributed by atoms with Gasteiger partial charge in [-0.15, -0.1) is 0 Å². The molecule has 31 heavy (non-hydrogen) atoms. The number of hydrogen-bond donors (Lipinski definition) is 0. The van der Waals surface area contributed by atoms with Gasteiger partial charge in [-0.2, -0.15) is 5.10 Å². The van der Waals surface area contributed by atoms with E-state index in [1.165, 1.54) is 22.3 Å². The lowest BCUT2D eigenvalue weighted by atomic mass is 10.0. The molecule has 0 spiro atoms. The average Bonchev–Trinajstić information content (AvgIpc) is 3.45. The second kappa shape index (κ2) is 7.64. The number of halogens is 1. The summed E-state index contributed by atoms with van der Waals surface area (Å²) in [4.78, 5) is 30.9. The number of carbonyl (C=O) groups excluding carboxylic acids is 2. The zero-order valence-electron chi connectivity index (χ0n) is 17.6. The van der Waals surface area contributed by atoms with Crippen molar-refractivity contribution in [3.8, 4) is 0 Å². The molecule has 0 radical (unpaired) electrons. The molecule has 0 unspecified atom stereocenters. The third kappa shape index (κ3) is 3.37. The van der Waals surface area contributed by atoms with Crippen LogP contribution in [0, 0.1) is 12.8 Å². The maximum Gasteiger partial charge on any atom is 0.275 e. The van der Waals surface area contributed by atoms with E-state index in [-0.39, 0.29) is 17.7 Å². The first kappa shape index (κ1) is 20.0. The van der Waals surface area contributed by atoms with Crippen molar-refractivity contribution in [3.05, 3.63) is 57.9 Å². The van der Waals surface area contributed by atoms with E-state index in [4.69, 9.17) is 11.6 Å². The summed E-state index contributed by atoms with van der Waals surface area (Å²) in [5.74, 6) is -0.0170. The van der Waals surface area contributed by atoms with Gasteiger partial charge in [-0.05, 0) is 43.2 Å². The molecule has 0 bridgehead atoms. The molecular weight excluding hydrogens is 414 g/mol. The quantitative estimate of drug-likeness (QED) is 0.630. The third-order valence-corrected chi connectivity index (χ3v) is 6.74. The fourth-order valence-corrected chi connectivity index (χ4v) is 5.24. The highest BCUT2D eigenvalue weighted by Crippen LogP contribution is 2.32. The van der Waals surface area contributed by atoms with Crippen molar-refractivity contribution in [1.82, 2.24) is 24.8 Å². The Hall–Kier alpha value is -2.93. The number of hydrogen-bond acceptors (Lipinski definition) is 4. The lowest BCUT2D eigenvalue weighted by Gasteiger charge is -2.29. The number of aryl methyl sites for hydroxylation is 2. The van der Waals surface area contributed by atoms with Gasteiger partial charge in [0, 0.05) is 32.8 Å². The van der Waals surface area contributed by atoms with Crippen LogP contribution in [0.25, 0.3) is 11.0 Å². The molecule has 0 saturated carbocycles. The highest BCUT2D eigenvalue weighted by Gasteiger charge is 2.35. The number of fused-ring (bicyclic) bond motifs is 2. The van der Waals surface area contributed by atoms with Crippen LogP contribution in [-0.4, -0.2) is 49.7 Å². The minimum Gasteiger partial charge on any atom is -0.273 e. The Morgan fingerprint density at radius 3 is 2.52 bits per heavy atom. The zero-order valence-corrected chi connectivity index (χ0v) is 18.4. The zero-order chi connectivity index (χ0) is 21.7. The first-order valence-electron chi connectivity index (χ1n) is 10.6. The molecular formula is C23H24ClN5O2. The van der Waals surface area contributed by atoms with Crippen LogP contribution in [0.4, 0.5) is 0 Å². The Balaban J connectivity index is 1.35. The number of hydrazine groups is 1. The topological polar surface area (TPSA) is 71.3 Å². The van der Waals surface area contributed by atoms with Gasteiger partial charge in [-0.3, -0.25) is 19.3 Å². The van der Waals surface area contributed by atoms with Gasteiger partial charge in [0.05, 0.1) is 21.7 Å². The summed E-state index contributed by atoms with van der Waals surface area (Å²) in [5.41, 5.74) is 4.31. The molecule has 8 heteroatoms. The molecule has 1 saturated heterocycles. The maximum atomic E-state index is 13.3. The monoisotopic (exact) mass is 437 g/mol. The van der Waals surface area contributed by atoms with E-state index in [0.717, 1.165) is 25.0 Å². The third-order valence-electron chi connectivity index (χ3n) is 6.35. The summed E-state index contributed by atoms with van der Waals surface area (Å²) < 4.78 is 1.65. The normalized spacial score (nSPS) is 16.4. The Kier molecular flexibility index (Phi) is 4.93. The number of amides is 2. The predicted octanol–water partition coefficient (Wildman–Crippen LogP) is 3.32. The molecule has 1 aromatic carbocycles. The van der Waals surface area contributed by atoms with Gasteiger partial charge in [0.2, 0.25) is 5.91 Å². The minimum atomic E-state index is -0.289. The minimum absolute atomic E-state index is 0.00799. The summed E-state index contributed by atoms with van der Waals surface area (Å²) >= 11 is 6.61. The summed E-state index contributed by atoms with van der Waals surface area (Å²) in [6.45, 7) is 2.88. The van der Waals surface area contributed by atoms with Gasteiger partial charge in [0.1, 0.15) is 0 Å². The fourth-order valence-electron chi connectivity index (χ4n) is 4.89. The van der Waals surface area contributed by atoms with Crippen molar-refractivity contribution in [2.75, 3.05) is 13.1 Å². The van der Waals surface area contributed by atoms with Crippen molar-refractivity contribution in [2.45, 2.75) is 32.6 Å². The summed E-state index contributed by atoms with van der Waals surface area (Å²) in [5, 5.41) is 8.49. The molecule has 1 aliphatic heterocycles. The van der Waals surface area contributed by atoms with Crippen LogP contribution in [0.3, 0.4) is 0 Å². The van der Waals surface area contributed by atoms with Gasteiger partial charge in [-0.1, -0.05) is 35.9 Å². The van der Waals surface area contributed by atoms with E-state index >= 15 is 0 Å². The van der Waals surface area contributed by atoms with Crippen LogP contribution < -0.4 is 0 Å². The van der Waals surface area contributed by atoms with E-state index in [2.05, 4.69) is 22.2 Å². The van der Waals surface area contributed by atoms with Gasteiger partial charge in [-0.25, -0.2) is 9.99 Å². The van der Waals surface area contributed by atoms with E-state index < -0.39 is 0 Å². The van der Waals surface area contributed by atoms with Crippen LogP contribution in [0.5, 0.6) is 0 Å². The fraction of sp³-hybridized carbons (Fsp3) is 0.391. The average molecular weight is 438 g/mol. The predicted molar refractivity (Wildman–Crippen MR) is 118 cm³/mol. The Bertz CT molecular complexity index is 1180. The Labute approximate surface area is 185 Å². The highest BCUT2D eigenvalue weighted by molar-refractivity contribution is 6.38. The molecule has 2 aliphatic rings. The highest BCUT2D eigenvalue weighted by atomic mass is 35.5. The van der Waals surface area contributed by atoms with Gasteiger partial charge < -0.3 is 0 Å². The lowest BCUT2D eigenvalue weighted by Crippen LogP contribution is -2.45. The summed E-state index contributed by atoms with van der Waals surface area (Å²) in [7, 11) is 1.79. The standard InChI is InChI=1S/C23H24ClN5O2/c1-14-20-21(24)18(13-25-22(20)27(2)26-14)23(31)29-9-5-8-28(29)19(30)12-15-10-16-6-3-4-7-17(16)11-15/h3-4,6-7,13,15H,5,8-12H2,1-2H3. The number of aromatic nitrogens is 3. The number of pyridine rings is 1. The van der Waals surface area contributed by atoms with Crippen molar-refractivity contribution in [1.29, 1.82) is 0 Å². The second-order valence-electron chi connectivity index (χ2n) is 8.44. The van der Waals surface area contributed by atoms with Gasteiger partial charge in [0.15, 0.2) is 5.65 Å². The largest absolute Gasteiger partial charge is 0.275 e. The smallest absolute Gasteiger partial charge is 0.273 e. The molecule has 5 rings (SSSR count). The second-order valence-corrected chi connectivity index (χ2v) is 8.82.